The predicted octanol–water partition coefficient (Wildman–Crippen LogP) is 1.54. The van der Waals surface area contributed by atoms with E-state index in [9.17, 15) is 4.79 Å². The molecule has 0 radical (unpaired) electrons. The Bertz CT molecular complexity index is 402. The summed E-state index contributed by atoms with van der Waals surface area (Å²) in [5.74, 6) is 1.22. The average molecular weight is 274 g/mol. The monoisotopic (exact) mass is 274 g/mol. The van der Waals surface area contributed by atoms with Crippen molar-refractivity contribution in [3.8, 4) is 0 Å². The molecule has 1 aromatic rings. The van der Waals surface area contributed by atoms with E-state index in [0.717, 1.165) is 29.7 Å². The number of carbonyl (C=O) groups is 1. The number of thiazole rings is 1. The van der Waals surface area contributed by atoms with Crippen molar-refractivity contribution in [2.75, 3.05) is 36.6 Å². The maximum absolute atomic E-state index is 11.1. The van der Waals surface area contributed by atoms with E-state index in [1.165, 1.54) is 11.3 Å². The van der Waals surface area contributed by atoms with E-state index in [4.69, 9.17) is 9.84 Å². The number of thioether (sulfide) groups is 1. The number of rotatable bonds is 4. The van der Waals surface area contributed by atoms with E-state index >= 15 is 0 Å². The third-order valence-corrected chi connectivity index (χ3v) is 4.53. The third-order valence-electron chi connectivity index (χ3n) is 2.44. The number of hydrogen-bond donors (Lipinski definition) is 1. The molecule has 0 saturated carbocycles. The number of anilines is 1. The molecular weight excluding hydrogens is 260 g/mol. The topological polar surface area (TPSA) is 62.7 Å². The second-order valence-corrected chi connectivity index (χ2v) is 5.81. The van der Waals surface area contributed by atoms with E-state index in [1.54, 1.807) is 7.11 Å². The van der Waals surface area contributed by atoms with Crippen molar-refractivity contribution in [1.29, 1.82) is 0 Å². The summed E-state index contributed by atoms with van der Waals surface area (Å²) in [4.78, 5) is 17.9. The van der Waals surface area contributed by atoms with Gasteiger partial charge in [0, 0.05) is 31.7 Å². The van der Waals surface area contributed by atoms with Gasteiger partial charge in [-0.15, -0.1) is 0 Å². The standard InChI is InChI=1S/C10H14N2O3S2/c1-15-6-7-8(9(13)14)17-10(11-7)12-2-4-16-5-3-12/h2-6H2,1H3,(H,13,14). The molecule has 0 aromatic carbocycles. The van der Waals surface area contributed by atoms with Gasteiger partial charge in [-0.1, -0.05) is 11.3 Å². The molecule has 17 heavy (non-hydrogen) atoms. The number of hydrogen-bond acceptors (Lipinski definition) is 6. The molecule has 1 aliphatic rings. The molecule has 5 nitrogen and oxygen atoms in total. The number of aromatic carboxylic acids is 1. The normalized spacial score (nSPS) is 16.2. The second kappa shape index (κ2) is 5.70. The van der Waals surface area contributed by atoms with Crippen molar-refractivity contribution in [3.63, 3.8) is 0 Å². The summed E-state index contributed by atoms with van der Waals surface area (Å²) in [6.07, 6.45) is 0. The van der Waals surface area contributed by atoms with Crippen LogP contribution in [0.3, 0.4) is 0 Å². The van der Waals surface area contributed by atoms with Crippen LogP contribution in [0.15, 0.2) is 0 Å². The molecule has 0 bridgehead atoms. The first kappa shape index (κ1) is 12.7. The molecule has 1 aromatic heterocycles. The largest absolute Gasteiger partial charge is 0.477 e. The summed E-state index contributed by atoms with van der Waals surface area (Å²) in [5.41, 5.74) is 0.526. The van der Waals surface area contributed by atoms with Gasteiger partial charge in [0.2, 0.25) is 0 Å². The van der Waals surface area contributed by atoms with Crippen LogP contribution in [0.5, 0.6) is 0 Å². The van der Waals surface area contributed by atoms with E-state index in [1.807, 2.05) is 11.8 Å². The van der Waals surface area contributed by atoms with Gasteiger partial charge in [-0.2, -0.15) is 11.8 Å². The lowest BCUT2D eigenvalue weighted by atomic mass is 10.4. The van der Waals surface area contributed by atoms with Crippen LogP contribution in [0.1, 0.15) is 15.4 Å². The molecule has 0 spiro atoms. The van der Waals surface area contributed by atoms with Crippen molar-refractivity contribution in [2.24, 2.45) is 0 Å². The Labute approximate surface area is 108 Å². The minimum Gasteiger partial charge on any atom is -0.477 e. The first-order chi connectivity index (χ1) is 8.22. The van der Waals surface area contributed by atoms with Gasteiger partial charge >= 0.3 is 5.97 Å². The third kappa shape index (κ3) is 2.91. The fraction of sp³-hybridized carbons (Fsp3) is 0.600. The van der Waals surface area contributed by atoms with Gasteiger partial charge in [-0.05, 0) is 0 Å². The van der Waals surface area contributed by atoms with Crippen LogP contribution >= 0.6 is 23.1 Å². The molecule has 7 heteroatoms. The lowest BCUT2D eigenvalue weighted by molar-refractivity contribution is 0.0697. The fourth-order valence-corrected chi connectivity index (χ4v) is 3.49. The highest BCUT2D eigenvalue weighted by Gasteiger charge is 2.21. The van der Waals surface area contributed by atoms with Gasteiger partial charge in [-0.25, -0.2) is 9.78 Å². The van der Waals surface area contributed by atoms with E-state index in [0.29, 0.717) is 10.6 Å². The van der Waals surface area contributed by atoms with Gasteiger partial charge in [0.15, 0.2) is 5.13 Å². The summed E-state index contributed by atoms with van der Waals surface area (Å²) in [6.45, 7) is 2.12. The molecule has 0 amide bonds. The highest BCUT2D eigenvalue weighted by molar-refractivity contribution is 7.99. The van der Waals surface area contributed by atoms with Crippen molar-refractivity contribution in [1.82, 2.24) is 4.98 Å². The zero-order chi connectivity index (χ0) is 12.3. The SMILES string of the molecule is COCc1nc(N2CCSCC2)sc1C(=O)O. The molecule has 94 valence electrons. The van der Waals surface area contributed by atoms with Gasteiger partial charge in [0.25, 0.3) is 0 Å². The zero-order valence-corrected chi connectivity index (χ0v) is 11.1. The van der Waals surface area contributed by atoms with Gasteiger partial charge in [0.1, 0.15) is 4.88 Å². The van der Waals surface area contributed by atoms with Gasteiger partial charge < -0.3 is 14.7 Å². The molecule has 1 aliphatic heterocycles. The smallest absolute Gasteiger partial charge is 0.347 e. The van der Waals surface area contributed by atoms with Crippen LogP contribution in [0, 0.1) is 0 Å². The minimum atomic E-state index is -0.924. The predicted molar refractivity (Wildman–Crippen MR) is 69.3 cm³/mol. The van der Waals surface area contributed by atoms with Gasteiger partial charge in [-0.3, -0.25) is 0 Å². The lowest BCUT2D eigenvalue weighted by Crippen LogP contribution is -2.32. The molecule has 1 N–H and O–H groups in total. The molecule has 1 fully saturated rings. The average Bonchev–Trinajstić information content (AvgIpc) is 2.75. The first-order valence-electron chi connectivity index (χ1n) is 5.27. The van der Waals surface area contributed by atoms with Crippen molar-refractivity contribution >= 4 is 34.2 Å². The summed E-state index contributed by atoms with van der Waals surface area (Å²) in [6, 6.07) is 0. The van der Waals surface area contributed by atoms with E-state index in [2.05, 4.69) is 9.88 Å². The minimum absolute atomic E-state index is 0.251. The number of carboxylic acid groups (broad SMARTS) is 1. The number of carboxylic acids is 1. The Morgan fingerprint density at radius 1 is 1.53 bits per heavy atom. The zero-order valence-electron chi connectivity index (χ0n) is 9.51. The summed E-state index contributed by atoms with van der Waals surface area (Å²) < 4.78 is 4.98. The summed E-state index contributed by atoms with van der Waals surface area (Å²) in [5, 5.41) is 9.90. The Morgan fingerprint density at radius 3 is 2.82 bits per heavy atom. The molecule has 0 unspecified atom stereocenters. The highest BCUT2D eigenvalue weighted by atomic mass is 32.2. The van der Waals surface area contributed by atoms with E-state index in [-0.39, 0.29) is 6.61 Å². The van der Waals surface area contributed by atoms with Crippen molar-refractivity contribution < 1.29 is 14.6 Å². The Balaban J connectivity index is 2.22. The second-order valence-electron chi connectivity index (χ2n) is 3.61. The summed E-state index contributed by atoms with van der Waals surface area (Å²) >= 11 is 3.16. The lowest BCUT2D eigenvalue weighted by Gasteiger charge is -2.25. The van der Waals surface area contributed by atoms with Crippen LogP contribution in [0.4, 0.5) is 5.13 Å². The van der Waals surface area contributed by atoms with E-state index < -0.39 is 5.97 Å². The molecular formula is C10H14N2O3S2. The molecule has 1 saturated heterocycles. The fourth-order valence-electron chi connectivity index (χ4n) is 1.63. The Morgan fingerprint density at radius 2 is 2.24 bits per heavy atom. The molecule has 2 heterocycles. The van der Waals surface area contributed by atoms with Crippen LogP contribution in [0.25, 0.3) is 0 Å². The molecule has 0 aliphatic carbocycles. The summed E-state index contributed by atoms with van der Waals surface area (Å²) in [7, 11) is 1.54. The number of aromatic nitrogens is 1. The van der Waals surface area contributed by atoms with Gasteiger partial charge in [0.05, 0.1) is 12.3 Å². The molecule has 0 atom stereocenters. The Hall–Kier alpha value is -0.790. The number of ether oxygens (including phenoxy) is 1. The number of nitrogens with zero attached hydrogens (tertiary/aromatic N) is 2. The molecule has 2 rings (SSSR count). The highest BCUT2D eigenvalue weighted by Crippen LogP contribution is 2.28. The van der Waals surface area contributed by atoms with Crippen LogP contribution in [0.2, 0.25) is 0 Å². The maximum Gasteiger partial charge on any atom is 0.347 e. The van der Waals surface area contributed by atoms with Crippen molar-refractivity contribution in [3.05, 3.63) is 10.6 Å². The first-order valence-corrected chi connectivity index (χ1v) is 7.24. The van der Waals surface area contributed by atoms with Crippen LogP contribution in [-0.4, -0.2) is 47.8 Å². The van der Waals surface area contributed by atoms with Crippen LogP contribution in [-0.2, 0) is 11.3 Å². The quantitative estimate of drug-likeness (QED) is 0.898. The van der Waals surface area contributed by atoms with Crippen molar-refractivity contribution in [2.45, 2.75) is 6.61 Å². The number of methoxy groups -OCH3 is 1. The van der Waals surface area contributed by atoms with Crippen LogP contribution < -0.4 is 4.90 Å². The maximum atomic E-state index is 11.1. The Kier molecular flexibility index (Phi) is 4.25.